The Balaban J connectivity index is 2.27. The van der Waals surface area contributed by atoms with Gasteiger partial charge in [0.15, 0.2) is 0 Å². The lowest BCUT2D eigenvalue weighted by Crippen LogP contribution is -2.20. The van der Waals surface area contributed by atoms with E-state index in [-0.39, 0.29) is 6.61 Å². The second kappa shape index (κ2) is 4.43. The third-order valence-corrected chi connectivity index (χ3v) is 2.84. The van der Waals surface area contributed by atoms with Gasteiger partial charge in [0.05, 0.1) is 13.0 Å². The smallest absolute Gasteiger partial charge is 0.309 e. The van der Waals surface area contributed by atoms with E-state index < -0.39 is 11.9 Å². The average molecular weight is 222 g/mol. The van der Waals surface area contributed by atoms with E-state index >= 15 is 0 Å². The number of methoxy groups -OCH3 is 1. The number of fused-ring (bicyclic) bond motifs is 1. The fraction of sp³-hybridized carbons (Fsp3) is 0.417. The second-order valence-corrected chi connectivity index (χ2v) is 3.82. The third-order valence-electron chi connectivity index (χ3n) is 2.84. The van der Waals surface area contributed by atoms with Crippen molar-refractivity contribution < 1.29 is 19.4 Å². The molecule has 0 radical (unpaired) electrons. The highest BCUT2D eigenvalue weighted by Gasteiger charge is 2.24. The summed E-state index contributed by atoms with van der Waals surface area (Å²) in [7, 11) is 1.61. The zero-order valence-corrected chi connectivity index (χ0v) is 9.10. The van der Waals surface area contributed by atoms with E-state index in [4.69, 9.17) is 14.6 Å². The van der Waals surface area contributed by atoms with E-state index in [0.717, 1.165) is 17.1 Å². The third kappa shape index (κ3) is 1.96. The van der Waals surface area contributed by atoms with Crippen LogP contribution in [0.2, 0.25) is 0 Å². The number of hydrogen-bond donors (Lipinski definition) is 1. The number of carboxylic acid groups (broad SMARTS) is 1. The van der Waals surface area contributed by atoms with E-state index in [1.54, 1.807) is 7.11 Å². The van der Waals surface area contributed by atoms with Crippen molar-refractivity contribution in [1.82, 2.24) is 0 Å². The van der Waals surface area contributed by atoms with Gasteiger partial charge in [-0.3, -0.25) is 4.79 Å². The Morgan fingerprint density at radius 3 is 3.06 bits per heavy atom. The Morgan fingerprint density at radius 1 is 1.56 bits per heavy atom. The van der Waals surface area contributed by atoms with Crippen LogP contribution in [0.1, 0.15) is 12.0 Å². The van der Waals surface area contributed by atoms with Gasteiger partial charge in [0.1, 0.15) is 18.1 Å². The molecule has 0 fully saturated rings. The van der Waals surface area contributed by atoms with E-state index in [1.807, 2.05) is 18.2 Å². The van der Waals surface area contributed by atoms with Crippen LogP contribution < -0.4 is 9.47 Å². The summed E-state index contributed by atoms with van der Waals surface area (Å²) in [5.74, 6) is 0.274. The summed E-state index contributed by atoms with van der Waals surface area (Å²) in [6, 6.07) is 5.56. The summed E-state index contributed by atoms with van der Waals surface area (Å²) in [5.41, 5.74) is 0.966. The summed E-state index contributed by atoms with van der Waals surface area (Å²) in [4.78, 5) is 10.9. The monoisotopic (exact) mass is 222 g/mol. The minimum Gasteiger partial charge on any atom is -0.496 e. The first-order valence-electron chi connectivity index (χ1n) is 5.24. The standard InChI is InChI=1S/C12H14O4/c1-15-10-3-2-4-11-9(10)6-5-8(7-16-11)12(13)14/h2-4,8H,5-7H2,1H3,(H,13,14). The fourth-order valence-electron chi connectivity index (χ4n) is 1.91. The first-order valence-corrected chi connectivity index (χ1v) is 5.24. The summed E-state index contributed by atoms with van der Waals surface area (Å²) in [6.07, 6.45) is 1.26. The van der Waals surface area contributed by atoms with Crippen LogP contribution >= 0.6 is 0 Å². The lowest BCUT2D eigenvalue weighted by molar-refractivity contribution is -0.142. The molecule has 4 heteroatoms. The predicted molar refractivity (Wildman–Crippen MR) is 57.9 cm³/mol. The normalized spacial score (nSPS) is 19.2. The van der Waals surface area contributed by atoms with Gasteiger partial charge < -0.3 is 14.6 Å². The van der Waals surface area contributed by atoms with Gasteiger partial charge in [-0.25, -0.2) is 0 Å². The molecule has 4 nitrogen and oxygen atoms in total. The van der Waals surface area contributed by atoms with E-state index in [2.05, 4.69) is 0 Å². The molecule has 0 bridgehead atoms. The fourth-order valence-corrected chi connectivity index (χ4v) is 1.91. The average Bonchev–Trinajstić information content (AvgIpc) is 2.50. The molecule has 1 heterocycles. The van der Waals surface area contributed by atoms with Crippen molar-refractivity contribution in [1.29, 1.82) is 0 Å². The van der Waals surface area contributed by atoms with Gasteiger partial charge in [-0.05, 0) is 25.0 Å². The van der Waals surface area contributed by atoms with E-state index in [0.29, 0.717) is 12.8 Å². The van der Waals surface area contributed by atoms with Gasteiger partial charge in [-0.2, -0.15) is 0 Å². The Hall–Kier alpha value is -1.71. The molecular formula is C12H14O4. The Bertz CT molecular complexity index is 400. The van der Waals surface area contributed by atoms with Crippen molar-refractivity contribution in [3.05, 3.63) is 23.8 Å². The van der Waals surface area contributed by atoms with Crippen molar-refractivity contribution in [3.8, 4) is 11.5 Å². The topological polar surface area (TPSA) is 55.8 Å². The molecule has 16 heavy (non-hydrogen) atoms. The molecule has 2 rings (SSSR count). The summed E-state index contributed by atoms with van der Waals surface area (Å²) >= 11 is 0. The quantitative estimate of drug-likeness (QED) is 0.827. The van der Waals surface area contributed by atoms with Gasteiger partial charge in [0, 0.05) is 5.56 Å². The molecule has 0 aliphatic carbocycles. The van der Waals surface area contributed by atoms with E-state index in [9.17, 15) is 4.79 Å². The maximum atomic E-state index is 10.9. The summed E-state index contributed by atoms with van der Waals surface area (Å²) in [5, 5.41) is 8.96. The van der Waals surface area contributed by atoms with Crippen molar-refractivity contribution in [2.75, 3.05) is 13.7 Å². The SMILES string of the molecule is COc1cccc2c1CCC(C(=O)O)CO2. The van der Waals surface area contributed by atoms with Gasteiger partial charge in [-0.1, -0.05) is 6.07 Å². The van der Waals surface area contributed by atoms with Crippen molar-refractivity contribution >= 4 is 5.97 Å². The molecular weight excluding hydrogens is 208 g/mol. The first kappa shape index (κ1) is 10.8. The number of carbonyl (C=O) groups is 1. The molecule has 1 aliphatic heterocycles. The van der Waals surface area contributed by atoms with Crippen LogP contribution in [0.15, 0.2) is 18.2 Å². The largest absolute Gasteiger partial charge is 0.496 e. The van der Waals surface area contributed by atoms with Crippen LogP contribution in [0.3, 0.4) is 0 Å². The maximum absolute atomic E-state index is 10.9. The van der Waals surface area contributed by atoms with Crippen molar-refractivity contribution in [2.24, 2.45) is 5.92 Å². The zero-order chi connectivity index (χ0) is 11.5. The van der Waals surface area contributed by atoms with Gasteiger partial charge in [0.2, 0.25) is 0 Å². The minimum absolute atomic E-state index is 0.232. The lowest BCUT2D eigenvalue weighted by atomic mass is 10.0. The molecule has 0 saturated heterocycles. The van der Waals surface area contributed by atoms with Gasteiger partial charge in [0.25, 0.3) is 0 Å². The highest BCUT2D eigenvalue weighted by Crippen LogP contribution is 2.33. The molecule has 1 N–H and O–H groups in total. The molecule has 1 aliphatic rings. The minimum atomic E-state index is -0.799. The highest BCUT2D eigenvalue weighted by molar-refractivity contribution is 5.70. The van der Waals surface area contributed by atoms with E-state index in [1.165, 1.54) is 0 Å². The highest BCUT2D eigenvalue weighted by atomic mass is 16.5. The number of ether oxygens (including phenoxy) is 2. The molecule has 0 amide bonds. The van der Waals surface area contributed by atoms with Gasteiger partial charge >= 0.3 is 5.97 Å². The number of benzene rings is 1. The molecule has 0 aromatic heterocycles. The molecule has 1 unspecified atom stereocenters. The first-order chi connectivity index (χ1) is 7.72. The number of aliphatic carboxylic acids is 1. The molecule has 1 aromatic rings. The van der Waals surface area contributed by atoms with Crippen molar-refractivity contribution in [3.63, 3.8) is 0 Å². The molecule has 0 spiro atoms. The second-order valence-electron chi connectivity index (χ2n) is 3.82. The predicted octanol–water partition coefficient (Wildman–Crippen LogP) is 1.72. The van der Waals surface area contributed by atoms with Crippen LogP contribution in [-0.2, 0) is 11.2 Å². The summed E-state index contributed by atoms with van der Waals surface area (Å²) < 4.78 is 10.7. The van der Waals surface area contributed by atoms with Crippen LogP contribution in [0.5, 0.6) is 11.5 Å². The zero-order valence-electron chi connectivity index (χ0n) is 9.10. The number of hydrogen-bond acceptors (Lipinski definition) is 3. The van der Waals surface area contributed by atoms with Gasteiger partial charge in [-0.15, -0.1) is 0 Å². The van der Waals surface area contributed by atoms with Crippen LogP contribution in [0, 0.1) is 5.92 Å². The van der Waals surface area contributed by atoms with Crippen LogP contribution in [0.25, 0.3) is 0 Å². The van der Waals surface area contributed by atoms with Crippen LogP contribution in [0.4, 0.5) is 0 Å². The summed E-state index contributed by atoms with van der Waals surface area (Å²) in [6.45, 7) is 0.232. The molecule has 1 atom stereocenters. The van der Waals surface area contributed by atoms with Crippen LogP contribution in [-0.4, -0.2) is 24.8 Å². The molecule has 86 valence electrons. The molecule has 1 aromatic carbocycles. The number of carboxylic acids is 1. The maximum Gasteiger partial charge on any atom is 0.309 e. The Morgan fingerprint density at radius 2 is 2.38 bits per heavy atom. The van der Waals surface area contributed by atoms with Crippen molar-refractivity contribution in [2.45, 2.75) is 12.8 Å². The Labute approximate surface area is 93.8 Å². The Kier molecular flexibility index (Phi) is 2.99. The molecule has 0 saturated carbocycles. The number of rotatable bonds is 2. The lowest BCUT2D eigenvalue weighted by Gasteiger charge is -2.10.